The predicted molar refractivity (Wildman–Crippen MR) is 79.6 cm³/mol. The Hall–Kier alpha value is -2.69. The van der Waals surface area contributed by atoms with E-state index in [0.717, 1.165) is 22.6 Å². The van der Waals surface area contributed by atoms with Gasteiger partial charge in [-0.1, -0.05) is 6.07 Å². The van der Waals surface area contributed by atoms with Gasteiger partial charge < -0.3 is 4.74 Å². The van der Waals surface area contributed by atoms with Gasteiger partial charge in [0.25, 0.3) is 18.1 Å². The van der Waals surface area contributed by atoms with Crippen LogP contribution in [0.3, 0.4) is 0 Å². The SMILES string of the molecule is Cc1cc(C)c2c(c1)/[N+](=C\c1ccc([N+](=O)[O-])cc1)CO2. The van der Waals surface area contributed by atoms with E-state index in [9.17, 15) is 10.1 Å². The van der Waals surface area contributed by atoms with Gasteiger partial charge in [0, 0.05) is 23.8 Å². The third kappa shape index (κ3) is 2.50. The molecule has 1 aliphatic heterocycles. The number of hydrogen-bond donors (Lipinski definition) is 0. The van der Waals surface area contributed by atoms with Gasteiger partial charge in [-0.25, -0.2) is 0 Å². The molecule has 0 aromatic heterocycles. The van der Waals surface area contributed by atoms with Crippen molar-refractivity contribution < 1.29 is 14.2 Å². The standard InChI is InChI=1S/C16H15N2O3/c1-11-7-12(2)16-15(8-11)17(10-21-16)9-13-3-5-14(6-4-13)18(19)20/h3-9H,10H2,1-2H3/q+1/b17-9-. The molecule has 21 heavy (non-hydrogen) atoms. The number of fused-ring (bicyclic) bond motifs is 1. The molecule has 0 unspecified atom stereocenters. The van der Waals surface area contributed by atoms with E-state index in [4.69, 9.17) is 4.74 Å². The summed E-state index contributed by atoms with van der Waals surface area (Å²) in [6.07, 6.45) is 1.94. The fourth-order valence-electron chi connectivity index (χ4n) is 2.51. The molecule has 0 spiro atoms. The van der Waals surface area contributed by atoms with E-state index < -0.39 is 4.92 Å². The number of nitrogens with zero attached hydrogens (tertiary/aromatic N) is 2. The van der Waals surface area contributed by atoms with E-state index in [2.05, 4.69) is 19.1 Å². The maximum absolute atomic E-state index is 10.7. The third-order valence-electron chi connectivity index (χ3n) is 3.47. The maximum Gasteiger partial charge on any atom is 0.293 e. The monoisotopic (exact) mass is 283 g/mol. The van der Waals surface area contributed by atoms with Crippen molar-refractivity contribution >= 4 is 17.6 Å². The highest BCUT2D eigenvalue weighted by molar-refractivity contribution is 5.77. The minimum atomic E-state index is -0.398. The van der Waals surface area contributed by atoms with Crippen molar-refractivity contribution in [3.63, 3.8) is 0 Å². The van der Waals surface area contributed by atoms with Crippen molar-refractivity contribution in [2.24, 2.45) is 0 Å². The molecule has 106 valence electrons. The molecule has 5 nitrogen and oxygen atoms in total. The second kappa shape index (κ2) is 5.01. The minimum Gasteiger partial charge on any atom is -0.429 e. The lowest BCUT2D eigenvalue weighted by atomic mass is 10.1. The third-order valence-corrected chi connectivity index (χ3v) is 3.47. The summed E-state index contributed by atoms with van der Waals surface area (Å²) < 4.78 is 7.73. The van der Waals surface area contributed by atoms with Gasteiger partial charge in [-0.3, -0.25) is 10.1 Å². The largest absolute Gasteiger partial charge is 0.429 e. The normalized spacial score (nSPS) is 14.9. The first-order valence-corrected chi connectivity index (χ1v) is 6.64. The Labute approximate surface area is 122 Å². The summed E-state index contributed by atoms with van der Waals surface area (Å²) in [5.41, 5.74) is 4.32. The van der Waals surface area contributed by atoms with Crippen molar-refractivity contribution in [3.8, 4) is 5.75 Å². The molecule has 1 heterocycles. The molecule has 0 aliphatic carbocycles. The van der Waals surface area contributed by atoms with E-state index in [0.29, 0.717) is 6.73 Å². The second-order valence-corrected chi connectivity index (χ2v) is 5.15. The first-order valence-electron chi connectivity index (χ1n) is 6.64. The Balaban J connectivity index is 1.98. The van der Waals surface area contributed by atoms with Gasteiger partial charge in [0.2, 0.25) is 5.75 Å². The van der Waals surface area contributed by atoms with Crippen molar-refractivity contribution in [2.45, 2.75) is 13.8 Å². The zero-order valence-electron chi connectivity index (χ0n) is 11.9. The highest BCUT2D eigenvalue weighted by Gasteiger charge is 2.27. The maximum atomic E-state index is 10.7. The van der Waals surface area contributed by atoms with Crippen LogP contribution in [0.25, 0.3) is 0 Å². The highest BCUT2D eigenvalue weighted by Crippen LogP contribution is 2.36. The molecule has 0 bridgehead atoms. The highest BCUT2D eigenvalue weighted by atomic mass is 16.6. The summed E-state index contributed by atoms with van der Waals surface area (Å²) in [5.74, 6) is 0.902. The number of rotatable bonds is 2. The van der Waals surface area contributed by atoms with Crippen LogP contribution in [0.2, 0.25) is 0 Å². The average molecular weight is 283 g/mol. The summed E-state index contributed by atoms with van der Waals surface area (Å²) in [7, 11) is 0. The van der Waals surface area contributed by atoms with Gasteiger partial charge in [-0.2, -0.15) is 4.58 Å². The molecule has 0 amide bonds. The van der Waals surface area contributed by atoms with Crippen LogP contribution in [0, 0.1) is 24.0 Å². The number of ether oxygens (including phenoxy) is 1. The Morgan fingerprint density at radius 3 is 2.62 bits per heavy atom. The number of nitro groups is 1. The molecule has 0 saturated carbocycles. The summed E-state index contributed by atoms with van der Waals surface area (Å²) in [6, 6.07) is 10.7. The summed E-state index contributed by atoms with van der Waals surface area (Å²) in [5, 5.41) is 10.7. The predicted octanol–water partition coefficient (Wildman–Crippen LogP) is 3.32. The van der Waals surface area contributed by atoms with Crippen molar-refractivity contribution in [3.05, 3.63) is 63.2 Å². The summed E-state index contributed by atoms with van der Waals surface area (Å²) in [6.45, 7) is 4.54. The summed E-state index contributed by atoms with van der Waals surface area (Å²) in [4.78, 5) is 10.3. The van der Waals surface area contributed by atoms with E-state index >= 15 is 0 Å². The Morgan fingerprint density at radius 2 is 1.95 bits per heavy atom. The van der Waals surface area contributed by atoms with Crippen LogP contribution in [-0.2, 0) is 0 Å². The number of hydrogen-bond acceptors (Lipinski definition) is 3. The smallest absolute Gasteiger partial charge is 0.293 e. The number of aryl methyl sites for hydroxylation is 2. The fraction of sp³-hybridized carbons (Fsp3) is 0.188. The number of nitro benzene ring substituents is 1. The van der Waals surface area contributed by atoms with Crippen LogP contribution in [0.15, 0.2) is 36.4 Å². The topological polar surface area (TPSA) is 55.4 Å². The van der Waals surface area contributed by atoms with Crippen LogP contribution in [0.1, 0.15) is 16.7 Å². The van der Waals surface area contributed by atoms with E-state index in [1.807, 2.05) is 17.7 Å². The molecule has 2 aromatic rings. The molecule has 0 saturated heterocycles. The minimum absolute atomic E-state index is 0.0944. The zero-order chi connectivity index (χ0) is 15.0. The molecule has 0 N–H and O–H groups in total. The van der Waals surface area contributed by atoms with E-state index in [1.54, 1.807) is 12.1 Å². The first kappa shape index (κ1) is 13.3. The Kier molecular flexibility index (Phi) is 3.17. The van der Waals surface area contributed by atoms with Crippen LogP contribution in [0.4, 0.5) is 11.4 Å². The quantitative estimate of drug-likeness (QED) is 0.482. The van der Waals surface area contributed by atoms with Gasteiger partial charge in [-0.05, 0) is 37.1 Å². The lowest BCUT2D eigenvalue weighted by molar-refractivity contribution is -0.452. The second-order valence-electron chi connectivity index (χ2n) is 5.15. The van der Waals surface area contributed by atoms with Crippen LogP contribution >= 0.6 is 0 Å². The Morgan fingerprint density at radius 1 is 1.24 bits per heavy atom. The van der Waals surface area contributed by atoms with Gasteiger partial charge in [0.15, 0.2) is 6.21 Å². The van der Waals surface area contributed by atoms with E-state index in [1.165, 1.54) is 17.7 Å². The molecule has 3 rings (SSSR count). The molecular formula is C16H15N2O3+. The van der Waals surface area contributed by atoms with Gasteiger partial charge >= 0.3 is 0 Å². The molecular weight excluding hydrogens is 268 g/mol. The van der Waals surface area contributed by atoms with Crippen LogP contribution in [0.5, 0.6) is 5.75 Å². The van der Waals surface area contributed by atoms with E-state index in [-0.39, 0.29) is 5.69 Å². The zero-order valence-corrected chi connectivity index (χ0v) is 11.9. The van der Waals surface area contributed by atoms with Crippen LogP contribution in [-0.4, -0.2) is 22.4 Å². The summed E-state index contributed by atoms with van der Waals surface area (Å²) >= 11 is 0. The number of benzene rings is 2. The first-order chi connectivity index (χ1) is 10.0. The molecule has 0 radical (unpaired) electrons. The lowest BCUT2D eigenvalue weighted by Crippen LogP contribution is -2.07. The van der Waals surface area contributed by atoms with Crippen LogP contribution < -0.4 is 4.74 Å². The van der Waals surface area contributed by atoms with Gasteiger partial charge in [0.05, 0.1) is 4.92 Å². The number of non-ortho nitro benzene ring substituents is 1. The van der Waals surface area contributed by atoms with Gasteiger partial charge in [-0.15, -0.1) is 0 Å². The Bertz CT molecular complexity index is 749. The molecule has 0 fully saturated rings. The molecule has 0 atom stereocenters. The van der Waals surface area contributed by atoms with Crippen molar-refractivity contribution in [2.75, 3.05) is 6.73 Å². The van der Waals surface area contributed by atoms with Crippen molar-refractivity contribution in [1.29, 1.82) is 0 Å². The average Bonchev–Trinajstić information content (AvgIpc) is 2.83. The molecule has 2 aromatic carbocycles. The molecule has 5 heteroatoms. The van der Waals surface area contributed by atoms with Crippen molar-refractivity contribution in [1.82, 2.24) is 0 Å². The fourth-order valence-corrected chi connectivity index (χ4v) is 2.51. The lowest BCUT2D eigenvalue weighted by Gasteiger charge is -1.99. The van der Waals surface area contributed by atoms with Gasteiger partial charge in [0.1, 0.15) is 0 Å². The molecule has 1 aliphatic rings.